The molecule has 0 unspecified atom stereocenters. The van der Waals surface area contributed by atoms with E-state index < -0.39 is 6.04 Å². The Bertz CT molecular complexity index is 3420. The Kier molecular flexibility index (Phi) is 19.1. The molecule has 0 saturated carbocycles. The monoisotopic (exact) mass is 1060 g/mol. The number of rotatable bonds is 25. The first-order valence-electron chi connectivity index (χ1n) is 27.2. The number of fused-ring (bicyclic) bond motifs is 3. The van der Waals surface area contributed by atoms with Crippen molar-refractivity contribution in [1.82, 2.24) is 40.0 Å². The Labute approximate surface area is 454 Å². The van der Waals surface area contributed by atoms with Gasteiger partial charge in [-0.05, 0) is 93.1 Å². The predicted molar refractivity (Wildman–Crippen MR) is 301 cm³/mol. The summed E-state index contributed by atoms with van der Waals surface area (Å²) in [5, 5.41) is 5.92. The maximum absolute atomic E-state index is 13.9. The number of methoxy groups -OCH3 is 2. The molecule has 2 atom stereocenters. The van der Waals surface area contributed by atoms with Crippen LogP contribution in [0.15, 0.2) is 105 Å². The molecule has 9 rings (SSSR count). The Morgan fingerprint density at radius 1 is 0.756 bits per heavy atom. The minimum atomic E-state index is -0.391. The van der Waals surface area contributed by atoms with Gasteiger partial charge in [0.15, 0.2) is 11.5 Å². The number of unbranched alkanes of at least 4 members (excludes halogenated alkanes) is 4. The maximum atomic E-state index is 13.9. The Hall–Kier alpha value is -7.92. The van der Waals surface area contributed by atoms with Gasteiger partial charge in [-0.3, -0.25) is 24.0 Å². The highest BCUT2D eigenvalue weighted by Gasteiger charge is 2.33. The van der Waals surface area contributed by atoms with Crippen LogP contribution in [-0.2, 0) is 25.6 Å². The second kappa shape index (κ2) is 26.4. The molecule has 8 aromatic rings. The number of likely N-dealkylation sites (N-methyl/N-ethyl adjacent to an activating group) is 1. The van der Waals surface area contributed by atoms with Gasteiger partial charge in [0.2, 0.25) is 29.5 Å². The number of hydrogen-bond acceptors (Lipinski definition) is 13. The van der Waals surface area contributed by atoms with Gasteiger partial charge in [-0.15, -0.1) is 0 Å². The van der Waals surface area contributed by atoms with E-state index in [1.165, 1.54) is 0 Å². The fourth-order valence-corrected chi connectivity index (χ4v) is 10.00. The highest BCUT2D eigenvalue weighted by molar-refractivity contribution is 5.91. The average molecular weight is 1060 g/mol. The van der Waals surface area contributed by atoms with Crippen molar-refractivity contribution in [2.45, 2.75) is 116 Å². The second-order valence-electron chi connectivity index (χ2n) is 20.3. The lowest BCUT2D eigenvalue weighted by Gasteiger charge is -2.35. The number of aryl methyl sites for hydroxylation is 1. The third-order valence-electron chi connectivity index (χ3n) is 14.7. The normalized spacial score (nSPS) is 13.4. The summed E-state index contributed by atoms with van der Waals surface area (Å²) >= 11 is 0. The number of amides is 2. The lowest BCUT2D eigenvalue weighted by atomic mass is 9.99. The Balaban J connectivity index is 0.000000213. The average Bonchev–Trinajstić information content (AvgIpc) is 4.24. The van der Waals surface area contributed by atoms with Gasteiger partial charge < -0.3 is 43.4 Å². The number of likely N-dealkylation sites (tertiary alicyclic amines) is 1. The van der Waals surface area contributed by atoms with Crippen LogP contribution in [0, 0.1) is 12.8 Å². The molecule has 1 fully saturated rings. The van der Waals surface area contributed by atoms with E-state index in [0.717, 1.165) is 101 Å². The molecule has 6 heterocycles. The first-order valence-corrected chi connectivity index (χ1v) is 27.2. The summed E-state index contributed by atoms with van der Waals surface area (Å²) in [5.41, 5.74) is 5.27. The molecule has 3 aromatic carbocycles. The maximum Gasteiger partial charge on any atom is 0.259 e. The van der Waals surface area contributed by atoms with E-state index in [1.807, 2.05) is 101 Å². The molecular weight excluding hydrogens is 989 g/mol. The molecule has 1 aliphatic rings. The van der Waals surface area contributed by atoms with E-state index >= 15 is 0 Å². The summed E-state index contributed by atoms with van der Waals surface area (Å²) in [6.45, 7) is 7.23. The van der Waals surface area contributed by atoms with Crippen molar-refractivity contribution in [2.24, 2.45) is 5.92 Å². The van der Waals surface area contributed by atoms with E-state index in [4.69, 9.17) is 18.3 Å². The van der Waals surface area contributed by atoms with E-state index in [-0.39, 0.29) is 47.3 Å². The van der Waals surface area contributed by atoms with Gasteiger partial charge in [0.05, 0.1) is 55.6 Å². The number of hydrogen-bond donors (Lipinski definition) is 3. The summed E-state index contributed by atoms with van der Waals surface area (Å²) in [6.07, 6.45) is 12.1. The standard InChI is InChI=1S/C35H40N4O5.C26H32N4O4/c1-6-24(40)13-8-7-9-15-31(39(3)33(41)20-26-22(2)37-30-17-16-25(42-4)19-27(26)30)35-36-21-32(44-35)28-18-23-12-10-11-14-29(23)38-34(28)43-5;1-3-19(31)10-5-4-6-12-22(29-24(32)18-15-30(2)16-18)26-27-14-23(34-26)20-13-17-9-7-8-11-21(17)28-25(20)33/h10-12,14,16-19,21,31,37H,6-9,13,15,20H2,1-5H3;7-9,11,13-14,18,22H,3-6,10,12,15-16H2,1-2H3,(H,28,33)(H,29,32)/t31-;22-/m00/s1. The zero-order valence-electron chi connectivity index (χ0n) is 45.9. The van der Waals surface area contributed by atoms with Crippen molar-refractivity contribution < 1.29 is 37.5 Å². The number of para-hydroxylation sites is 2. The number of ether oxygens (including phenoxy) is 2. The molecule has 0 bridgehead atoms. The minimum absolute atomic E-state index is 0.00689. The number of benzene rings is 3. The zero-order valence-corrected chi connectivity index (χ0v) is 45.9. The number of carbonyl (C=O) groups excluding carboxylic acids is 4. The van der Waals surface area contributed by atoms with Gasteiger partial charge in [0, 0.05) is 73.3 Å². The van der Waals surface area contributed by atoms with E-state index in [1.54, 1.807) is 44.6 Å². The first kappa shape index (κ1) is 56.3. The number of H-pyrrole nitrogens is 2. The molecule has 78 heavy (non-hydrogen) atoms. The molecule has 5 aromatic heterocycles. The molecule has 2 amide bonds. The zero-order chi connectivity index (χ0) is 55.3. The Morgan fingerprint density at radius 2 is 1.40 bits per heavy atom. The highest BCUT2D eigenvalue weighted by Crippen LogP contribution is 2.36. The fourth-order valence-electron chi connectivity index (χ4n) is 10.00. The summed E-state index contributed by atoms with van der Waals surface area (Å²) in [6, 6.07) is 24.2. The number of ketones is 2. The number of aromatic nitrogens is 5. The predicted octanol–water partition coefficient (Wildman–Crippen LogP) is 11.2. The van der Waals surface area contributed by atoms with Crippen molar-refractivity contribution >= 4 is 56.1 Å². The molecule has 0 radical (unpaired) electrons. The van der Waals surface area contributed by atoms with Crippen molar-refractivity contribution in [3.63, 3.8) is 0 Å². The largest absolute Gasteiger partial charge is 0.497 e. The number of aromatic amines is 2. The molecule has 410 valence electrons. The van der Waals surface area contributed by atoms with Crippen molar-refractivity contribution in [1.29, 1.82) is 0 Å². The number of Topliss-reactive ketones (excluding diaryl/α,β-unsaturated/α-hetero) is 2. The lowest BCUT2D eigenvalue weighted by Crippen LogP contribution is -2.52. The van der Waals surface area contributed by atoms with Crippen LogP contribution in [0.5, 0.6) is 11.6 Å². The van der Waals surface area contributed by atoms with Crippen LogP contribution in [0.1, 0.15) is 126 Å². The molecule has 0 spiro atoms. The smallest absolute Gasteiger partial charge is 0.259 e. The van der Waals surface area contributed by atoms with Gasteiger partial charge >= 0.3 is 0 Å². The summed E-state index contributed by atoms with van der Waals surface area (Å²) in [5.74, 6) is 3.38. The van der Waals surface area contributed by atoms with Crippen LogP contribution in [-0.4, -0.2) is 99.5 Å². The van der Waals surface area contributed by atoms with E-state index in [9.17, 15) is 24.0 Å². The Morgan fingerprint density at radius 3 is 2.09 bits per heavy atom. The van der Waals surface area contributed by atoms with Crippen LogP contribution in [0.2, 0.25) is 0 Å². The molecule has 1 aliphatic heterocycles. The number of carbonyl (C=O) groups is 4. The van der Waals surface area contributed by atoms with Gasteiger partial charge in [-0.2, -0.15) is 0 Å². The quantitative estimate of drug-likeness (QED) is 0.0454. The van der Waals surface area contributed by atoms with E-state index in [2.05, 4.69) is 35.1 Å². The van der Waals surface area contributed by atoms with E-state index in [0.29, 0.717) is 78.8 Å². The van der Waals surface area contributed by atoms with Gasteiger partial charge in [-0.25, -0.2) is 15.0 Å². The summed E-state index contributed by atoms with van der Waals surface area (Å²) in [7, 11) is 7.01. The number of nitrogens with one attached hydrogen (secondary N) is 3. The molecule has 17 heteroatoms. The van der Waals surface area contributed by atoms with Gasteiger partial charge in [0.25, 0.3) is 5.56 Å². The minimum Gasteiger partial charge on any atom is -0.497 e. The topological polar surface area (TPSA) is 219 Å². The molecule has 0 aliphatic carbocycles. The lowest BCUT2D eigenvalue weighted by molar-refractivity contribution is -0.132. The number of nitrogens with zero attached hydrogens (tertiary/aromatic N) is 5. The van der Waals surface area contributed by atoms with Crippen LogP contribution in [0.25, 0.3) is 55.4 Å². The third-order valence-corrected chi connectivity index (χ3v) is 14.7. The van der Waals surface area contributed by atoms with Crippen LogP contribution in [0.3, 0.4) is 0 Å². The van der Waals surface area contributed by atoms with Crippen LogP contribution >= 0.6 is 0 Å². The molecular formula is C61H72N8O9. The van der Waals surface area contributed by atoms with Crippen molar-refractivity contribution in [2.75, 3.05) is 41.4 Å². The fraction of sp³-hybridized carbons (Fsp3) is 0.410. The van der Waals surface area contributed by atoms with Gasteiger partial charge in [-0.1, -0.05) is 75.9 Å². The SMILES string of the molecule is CCC(=O)CCCCC[C@@H](c1ncc(-c2cc3ccccc3nc2OC)o1)N(C)C(=O)Cc1c(C)[nH]c2ccc(OC)cc12.CCC(=O)CCCCC[C@H](NC(=O)C1CN(C)C1)c1ncc(-c2cc3ccccc3[nH]c2=O)o1. The number of oxazole rings is 2. The molecule has 1 saturated heterocycles. The number of pyridine rings is 2. The third kappa shape index (κ3) is 13.8. The first-order chi connectivity index (χ1) is 37.8. The van der Waals surface area contributed by atoms with Crippen LogP contribution in [0.4, 0.5) is 0 Å². The second-order valence-corrected chi connectivity index (χ2v) is 20.3. The molecule has 3 N–H and O–H groups in total. The summed E-state index contributed by atoms with van der Waals surface area (Å²) < 4.78 is 23.4. The highest BCUT2D eigenvalue weighted by atomic mass is 16.5. The van der Waals surface area contributed by atoms with Crippen molar-refractivity contribution in [3.05, 3.63) is 125 Å². The van der Waals surface area contributed by atoms with Crippen LogP contribution < -0.4 is 20.3 Å². The van der Waals surface area contributed by atoms with Crippen molar-refractivity contribution in [3.8, 4) is 34.3 Å². The van der Waals surface area contributed by atoms with Gasteiger partial charge in [0.1, 0.15) is 29.4 Å². The summed E-state index contributed by atoms with van der Waals surface area (Å²) in [4.78, 5) is 86.4. The molecule has 17 nitrogen and oxygen atoms in total.